The lowest BCUT2D eigenvalue weighted by Crippen LogP contribution is -2.34. The number of thiocarbonyl (C=S) groups is 1. The fourth-order valence-electron chi connectivity index (χ4n) is 2.88. The van der Waals surface area contributed by atoms with Crippen molar-refractivity contribution >= 4 is 51.4 Å². The average Bonchev–Trinajstić information content (AvgIpc) is 2.93. The van der Waals surface area contributed by atoms with Crippen molar-refractivity contribution in [2.24, 2.45) is 0 Å². The molecule has 5 nitrogen and oxygen atoms in total. The largest absolute Gasteiger partial charge is 0.465 e. The number of ether oxygens (including phenoxy) is 1. The van der Waals surface area contributed by atoms with Crippen LogP contribution in [0.1, 0.15) is 19.4 Å². The summed E-state index contributed by atoms with van der Waals surface area (Å²) in [5, 5.41) is 0. The number of allylic oxidation sites excluding steroid dienone is 4. The van der Waals surface area contributed by atoms with Gasteiger partial charge in [0.2, 0.25) is 0 Å². The third kappa shape index (κ3) is 4.14. The van der Waals surface area contributed by atoms with Crippen molar-refractivity contribution < 1.29 is 14.3 Å². The van der Waals surface area contributed by atoms with E-state index in [2.05, 4.69) is 24.0 Å². The van der Waals surface area contributed by atoms with Gasteiger partial charge in [0.15, 0.2) is 0 Å². The first-order chi connectivity index (χ1) is 13.0. The maximum atomic E-state index is 12.6. The first kappa shape index (κ1) is 19.4. The summed E-state index contributed by atoms with van der Waals surface area (Å²) < 4.78 is 5.27. The predicted molar refractivity (Wildman–Crippen MR) is 113 cm³/mol. The Morgan fingerprint density at radius 2 is 2.04 bits per heavy atom. The van der Waals surface area contributed by atoms with Gasteiger partial charge < -0.3 is 9.64 Å². The van der Waals surface area contributed by atoms with Crippen LogP contribution < -0.4 is 4.90 Å². The van der Waals surface area contributed by atoms with Gasteiger partial charge in [-0.2, -0.15) is 0 Å². The molecule has 140 valence electrons. The third-order valence-electron chi connectivity index (χ3n) is 4.18. The van der Waals surface area contributed by atoms with Crippen LogP contribution in [0.4, 0.5) is 5.69 Å². The van der Waals surface area contributed by atoms with E-state index in [0.29, 0.717) is 9.23 Å². The molecule has 0 saturated carbocycles. The SMILES string of the molecule is CCOC(=O)CN1C(=O)/C(=C\C=C2/C=CN(CC)c3ccccc32)SC1=S. The number of anilines is 1. The summed E-state index contributed by atoms with van der Waals surface area (Å²) in [6.45, 7) is 4.83. The molecule has 0 bridgehead atoms. The Labute approximate surface area is 168 Å². The van der Waals surface area contributed by atoms with Gasteiger partial charge in [0.25, 0.3) is 5.91 Å². The average molecular weight is 401 g/mol. The number of para-hydroxylation sites is 1. The van der Waals surface area contributed by atoms with Crippen LogP contribution in [0.2, 0.25) is 0 Å². The quantitative estimate of drug-likeness (QED) is 0.426. The van der Waals surface area contributed by atoms with Gasteiger partial charge in [-0.05, 0) is 37.6 Å². The van der Waals surface area contributed by atoms with Crippen LogP contribution >= 0.6 is 24.0 Å². The second-order valence-electron chi connectivity index (χ2n) is 5.84. The van der Waals surface area contributed by atoms with Crippen molar-refractivity contribution in [1.29, 1.82) is 0 Å². The van der Waals surface area contributed by atoms with E-state index < -0.39 is 5.97 Å². The van der Waals surface area contributed by atoms with Crippen molar-refractivity contribution in [3.05, 3.63) is 59.2 Å². The number of rotatable bonds is 5. The molecule has 0 atom stereocenters. The summed E-state index contributed by atoms with van der Waals surface area (Å²) in [6.07, 6.45) is 7.75. The molecule has 1 fully saturated rings. The standard InChI is InChI=1S/C20H20N2O3S2/c1-3-21-12-11-14(15-7-5-6-8-16(15)21)9-10-17-19(24)22(20(26)27-17)13-18(23)25-4-2/h5-12H,3-4,13H2,1-2H3/b14-9+,17-10+. The molecule has 1 amide bonds. The maximum Gasteiger partial charge on any atom is 0.326 e. The topological polar surface area (TPSA) is 49.9 Å². The lowest BCUT2D eigenvalue weighted by molar-refractivity contribution is -0.145. The molecule has 0 radical (unpaired) electrons. The molecule has 2 aliphatic rings. The monoisotopic (exact) mass is 400 g/mol. The van der Waals surface area contributed by atoms with E-state index in [9.17, 15) is 9.59 Å². The lowest BCUT2D eigenvalue weighted by atomic mass is 9.99. The molecule has 0 aliphatic carbocycles. The number of carbonyl (C=O) groups is 2. The van der Waals surface area contributed by atoms with Crippen molar-refractivity contribution in [3.63, 3.8) is 0 Å². The number of esters is 1. The van der Waals surface area contributed by atoms with Gasteiger partial charge in [-0.15, -0.1) is 0 Å². The number of hydrogen-bond donors (Lipinski definition) is 0. The first-order valence-corrected chi connectivity index (χ1v) is 9.93. The molecule has 3 rings (SSSR count). The highest BCUT2D eigenvalue weighted by molar-refractivity contribution is 8.26. The van der Waals surface area contributed by atoms with Crippen LogP contribution in [0, 0.1) is 0 Å². The summed E-state index contributed by atoms with van der Waals surface area (Å²) in [7, 11) is 0. The van der Waals surface area contributed by atoms with E-state index in [4.69, 9.17) is 17.0 Å². The van der Waals surface area contributed by atoms with Gasteiger partial charge in [0, 0.05) is 24.0 Å². The molecule has 0 unspecified atom stereocenters. The van der Waals surface area contributed by atoms with Gasteiger partial charge in [-0.3, -0.25) is 14.5 Å². The molecule has 1 saturated heterocycles. The lowest BCUT2D eigenvalue weighted by Gasteiger charge is -2.26. The number of thioether (sulfide) groups is 1. The molecular weight excluding hydrogens is 380 g/mol. The summed E-state index contributed by atoms with van der Waals surface area (Å²) in [5.41, 5.74) is 3.27. The van der Waals surface area contributed by atoms with Gasteiger partial charge in [0.05, 0.1) is 11.5 Å². The third-order valence-corrected chi connectivity index (χ3v) is 5.58. The van der Waals surface area contributed by atoms with Crippen molar-refractivity contribution in [3.8, 4) is 0 Å². The van der Waals surface area contributed by atoms with Gasteiger partial charge >= 0.3 is 5.97 Å². The van der Waals surface area contributed by atoms with Crippen molar-refractivity contribution in [1.82, 2.24) is 4.90 Å². The predicted octanol–water partition coefficient (Wildman–Crippen LogP) is 3.73. The van der Waals surface area contributed by atoms with E-state index >= 15 is 0 Å². The fourth-order valence-corrected chi connectivity index (χ4v) is 4.08. The first-order valence-electron chi connectivity index (χ1n) is 8.70. The Bertz CT molecular complexity index is 874. The van der Waals surface area contributed by atoms with Crippen molar-refractivity contribution in [2.45, 2.75) is 13.8 Å². The van der Waals surface area contributed by atoms with Crippen molar-refractivity contribution in [2.75, 3.05) is 24.6 Å². The molecular formula is C20H20N2O3S2. The smallest absolute Gasteiger partial charge is 0.326 e. The number of carbonyl (C=O) groups excluding carboxylic acids is 2. The highest BCUT2D eigenvalue weighted by Gasteiger charge is 2.33. The second-order valence-corrected chi connectivity index (χ2v) is 7.51. The van der Waals surface area contributed by atoms with Crippen LogP contribution in [0.5, 0.6) is 0 Å². The summed E-state index contributed by atoms with van der Waals surface area (Å²) in [5.74, 6) is -0.727. The number of benzene rings is 1. The molecule has 0 N–H and O–H groups in total. The number of amides is 1. The number of fused-ring (bicyclic) bond motifs is 1. The zero-order chi connectivity index (χ0) is 19.4. The van der Waals surface area contributed by atoms with Crippen LogP contribution in [-0.2, 0) is 14.3 Å². The Morgan fingerprint density at radius 3 is 2.78 bits per heavy atom. The fraction of sp³-hybridized carbons (Fsp3) is 0.250. The van der Waals surface area contributed by atoms with E-state index in [1.807, 2.05) is 30.5 Å². The Balaban J connectivity index is 1.83. The maximum absolute atomic E-state index is 12.6. The summed E-state index contributed by atoms with van der Waals surface area (Å²) in [4.78, 5) is 28.2. The van der Waals surface area contributed by atoms with E-state index in [-0.39, 0.29) is 19.1 Å². The number of nitrogens with zero attached hydrogens (tertiary/aromatic N) is 2. The number of hydrogen-bond acceptors (Lipinski definition) is 6. The van der Waals surface area contributed by atoms with E-state index in [1.54, 1.807) is 13.0 Å². The molecule has 1 aromatic carbocycles. The molecule has 7 heteroatoms. The van der Waals surface area contributed by atoms with Crippen LogP contribution in [-0.4, -0.2) is 40.8 Å². The molecule has 2 aliphatic heterocycles. The highest BCUT2D eigenvalue weighted by Crippen LogP contribution is 2.34. The highest BCUT2D eigenvalue weighted by atomic mass is 32.2. The minimum absolute atomic E-state index is 0.152. The van der Waals surface area contributed by atoms with E-state index in [0.717, 1.165) is 23.4 Å². The summed E-state index contributed by atoms with van der Waals surface area (Å²) >= 11 is 6.44. The van der Waals surface area contributed by atoms with Gasteiger partial charge in [-0.25, -0.2) is 0 Å². The zero-order valence-electron chi connectivity index (χ0n) is 15.2. The second kappa shape index (κ2) is 8.54. The molecule has 0 aromatic heterocycles. The van der Waals surface area contributed by atoms with Gasteiger partial charge in [-0.1, -0.05) is 48.3 Å². The Hall–Kier alpha value is -2.38. The van der Waals surface area contributed by atoms with E-state index in [1.165, 1.54) is 16.7 Å². The molecule has 27 heavy (non-hydrogen) atoms. The Kier molecular flexibility index (Phi) is 6.13. The van der Waals surface area contributed by atoms with Gasteiger partial charge in [0.1, 0.15) is 10.9 Å². The molecule has 1 aromatic rings. The molecule has 2 heterocycles. The minimum Gasteiger partial charge on any atom is -0.465 e. The summed E-state index contributed by atoms with van der Waals surface area (Å²) in [6, 6.07) is 8.15. The Morgan fingerprint density at radius 1 is 1.26 bits per heavy atom. The normalized spacial score (nSPS) is 19.2. The van der Waals surface area contributed by atoms with Crippen LogP contribution in [0.25, 0.3) is 5.57 Å². The van der Waals surface area contributed by atoms with Crippen LogP contribution in [0.15, 0.2) is 53.6 Å². The molecule has 0 spiro atoms. The zero-order valence-corrected chi connectivity index (χ0v) is 16.8. The van der Waals surface area contributed by atoms with Crippen LogP contribution in [0.3, 0.4) is 0 Å². The minimum atomic E-state index is -0.461.